The van der Waals surface area contributed by atoms with Crippen LogP contribution < -0.4 is 27.8 Å². The number of nitrogen functional groups attached to an aromatic ring is 1. The molecule has 39 heavy (non-hydrogen) atoms. The highest BCUT2D eigenvalue weighted by Gasteiger charge is 2.37. The second-order valence-electron chi connectivity index (χ2n) is 9.04. The average Bonchev–Trinajstić information content (AvgIpc) is 3.45. The molecule has 0 spiro atoms. The van der Waals surface area contributed by atoms with Crippen LogP contribution in [0.25, 0.3) is 10.4 Å². The van der Waals surface area contributed by atoms with Gasteiger partial charge in [0.2, 0.25) is 11.8 Å². The Bertz CT molecular complexity index is 1260. The number of aromatic nitrogens is 2. The van der Waals surface area contributed by atoms with Gasteiger partial charge in [-0.1, -0.05) is 0 Å². The molecule has 0 aliphatic carbocycles. The molecule has 216 valence electrons. The third-order valence-electron chi connectivity index (χ3n) is 5.95. The number of primary amides is 1. The number of anilines is 1. The summed E-state index contributed by atoms with van der Waals surface area (Å²) in [6.45, 7) is 2.04. The second kappa shape index (κ2) is 13.6. The van der Waals surface area contributed by atoms with E-state index in [9.17, 15) is 24.1 Å². The molecule has 9 N–H and O–H groups in total. The Morgan fingerprint density at radius 2 is 2.10 bits per heavy atom. The summed E-state index contributed by atoms with van der Waals surface area (Å²) in [6.07, 6.45) is 0.336. The van der Waals surface area contributed by atoms with Crippen LogP contribution in [-0.4, -0.2) is 67.7 Å². The minimum absolute atomic E-state index is 0.00918. The van der Waals surface area contributed by atoms with Crippen LogP contribution in [0.5, 0.6) is 0 Å². The van der Waals surface area contributed by atoms with E-state index in [-0.39, 0.29) is 18.1 Å². The van der Waals surface area contributed by atoms with Crippen molar-refractivity contribution in [2.24, 2.45) is 5.73 Å². The lowest BCUT2D eigenvalue weighted by molar-refractivity contribution is -0.126. The summed E-state index contributed by atoms with van der Waals surface area (Å²) >= 11 is 1.45. The van der Waals surface area contributed by atoms with Crippen LogP contribution in [-0.2, 0) is 30.0 Å². The third kappa shape index (κ3) is 9.19. The van der Waals surface area contributed by atoms with Gasteiger partial charge >= 0.3 is 13.5 Å². The molecule has 2 aromatic rings. The molecular formula is C22H33N6O9PS. The van der Waals surface area contributed by atoms with E-state index in [0.29, 0.717) is 31.5 Å². The maximum absolute atomic E-state index is 12.5. The summed E-state index contributed by atoms with van der Waals surface area (Å²) < 4.78 is 22.2. The van der Waals surface area contributed by atoms with Crippen molar-refractivity contribution < 1.29 is 38.3 Å². The van der Waals surface area contributed by atoms with Crippen molar-refractivity contribution in [2.45, 2.75) is 63.6 Å². The molecule has 1 fully saturated rings. The Balaban J connectivity index is 1.56. The van der Waals surface area contributed by atoms with Gasteiger partial charge in [-0.15, -0.1) is 11.3 Å². The number of rotatable bonds is 14. The Labute approximate surface area is 227 Å². The molecule has 1 saturated heterocycles. The van der Waals surface area contributed by atoms with Gasteiger partial charge in [-0.3, -0.25) is 18.7 Å². The van der Waals surface area contributed by atoms with Gasteiger partial charge in [0.25, 0.3) is 0 Å². The van der Waals surface area contributed by atoms with Crippen molar-refractivity contribution >= 4 is 36.8 Å². The first-order chi connectivity index (χ1) is 18.3. The summed E-state index contributed by atoms with van der Waals surface area (Å²) in [5.74, 6) is -0.837. The summed E-state index contributed by atoms with van der Waals surface area (Å²) in [5, 5.41) is 16.1. The molecule has 0 unspecified atom stereocenters. The molecule has 1 aliphatic rings. The van der Waals surface area contributed by atoms with Crippen molar-refractivity contribution in [2.75, 3.05) is 18.9 Å². The predicted molar refractivity (Wildman–Crippen MR) is 141 cm³/mol. The number of ether oxygens (including phenoxy) is 1. The molecule has 15 nitrogen and oxygen atoms in total. The maximum Gasteiger partial charge on any atom is 0.469 e. The number of carbonyl (C=O) groups excluding carboxylic acids is 2. The number of carbonyl (C=O) groups is 2. The highest BCUT2D eigenvalue weighted by atomic mass is 32.1. The summed E-state index contributed by atoms with van der Waals surface area (Å²) in [6, 6.07) is 3.07. The molecule has 0 aromatic carbocycles. The number of nitrogens with one attached hydrogen (secondary N) is 2. The summed E-state index contributed by atoms with van der Waals surface area (Å²) in [5.41, 5.74) is 11.1. The number of nitrogens with zero attached hydrogens (tertiary/aromatic N) is 2. The number of phosphoric acid groups is 1. The van der Waals surface area contributed by atoms with Crippen LogP contribution in [0.4, 0.5) is 5.82 Å². The van der Waals surface area contributed by atoms with Crippen LogP contribution in [0.1, 0.15) is 43.7 Å². The van der Waals surface area contributed by atoms with E-state index in [1.165, 1.54) is 29.0 Å². The normalized spacial score (nSPS) is 20.2. The number of unbranched alkanes of at least 4 members (excludes halogenated alkanes) is 1. The van der Waals surface area contributed by atoms with Crippen molar-refractivity contribution in [1.29, 1.82) is 0 Å². The van der Waals surface area contributed by atoms with Gasteiger partial charge in [0, 0.05) is 35.8 Å². The molecule has 2 aromatic heterocycles. The van der Waals surface area contributed by atoms with Gasteiger partial charge in [-0.25, -0.2) is 9.36 Å². The topological polar surface area (TPSA) is 241 Å². The number of hydrogen-bond acceptors (Lipinski definition) is 11. The van der Waals surface area contributed by atoms with Gasteiger partial charge in [-0.05, 0) is 37.9 Å². The largest absolute Gasteiger partial charge is 0.469 e. The SMILES string of the molecule is CC(=O)N[C@@H](CCCCNCc1ccc(-c2cn([C@H]3C[C@H](O)[C@@H](COP(=O)(O)O)O3)c(=O)nc2N)s1)C(N)=O. The standard InChI is InChI=1S/C22H33N6O9PS/c1-12(29)26-15(21(24)31)4-2-3-7-25-9-13-5-6-18(39-13)14-10-28(22(32)27-20(14)23)19-8-16(30)17(37-19)11-36-38(33,34)35/h5-6,10,15-17,19,25,30H,2-4,7-9,11H2,1H3,(H2,24,31)(H,26,29)(H2,23,27,32)(H2,33,34,35)/t15-,16-,17+,19+/m0/s1. The van der Waals surface area contributed by atoms with E-state index in [1.807, 2.05) is 12.1 Å². The lowest BCUT2D eigenvalue weighted by Crippen LogP contribution is -2.43. The van der Waals surface area contributed by atoms with Crippen LogP contribution in [0.3, 0.4) is 0 Å². The van der Waals surface area contributed by atoms with E-state index < -0.39 is 50.5 Å². The Morgan fingerprint density at radius 1 is 1.36 bits per heavy atom. The van der Waals surface area contributed by atoms with E-state index in [4.69, 9.17) is 26.0 Å². The van der Waals surface area contributed by atoms with Gasteiger partial charge in [0.1, 0.15) is 24.2 Å². The van der Waals surface area contributed by atoms with Gasteiger partial charge in [-0.2, -0.15) is 4.98 Å². The fourth-order valence-corrected chi connectivity index (χ4v) is 5.38. The van der Waals surface area contributed by atoms with Gasteiger partial charge in [0.05, 0.1) is 18.3 Å². The number of aliphatic hydroxyl groups is 1. The third-order valence-corrected chi connectivity index (χ3v) is 7.55. The smallest absolute Gasteiger partial charge is 0.390 e. The van der Waals surface area contributed by atoms with E-state index >= 15 is 0 Å². The lowest BCUT2D eigenvalue weighted by atomic mass is 10.1. The lowest BCUT2D eigenvalue weighted by Gasteiger charge is -2.17. The zero-order chi connectivity index (χ0) is 28.7. The van der Waals surface area contributed by atoms with E-state index in [1.54, 1.807) is 0 Å². The number of phosphoric ester groups is 1. The highest BCUT2D eigenvalue weighted by molar-refractivity contribution is 7.46. The average molecular weight is 589 g/mol. The molecule has 0 bridgehead atoms. The number of amides is 2. The van der Waals surface area contributed by atoms with Crippen LogP contribution in [0.15, 0.2) is 23.1 Å². The molecule has 1 aliphatic heterocycles. The number of aliphatic hydroxyl groups excluding tert-OH is 1. The number of thiophene rings is 1. The first kappa shape index (κ1) is 30.8. The first-order valence-corrected chi connectivity index (χ1v) is 14.5. The molecule has 3 rings (SSSR count). The molecule has 17 heteroatoms. The van der Waals surface area contributed by atoms with Crippen LogP contribution in [0, 0.1) is 0 Å². The van der Waals surface area contributed by atoms with E-state index in [2.05, 4.69) is 20.1 Å². The fraction of sp³-hybridized carbons (Fsp3) is 0.545. The first-order valence-electron chi connectivity index (χ1n) is 12.1. The fourth-order valence-electron chi connectivity index (χ4n) is 4.04. The highest BCUT2D eigenvalue weighted by Crippen LogP contribution is 2.38. The quantitative estimate of drug-likeness (QED) is 0.110. The van der Waals surface area contributed by atoms with Crippen molar-refractivity contribution in [1.82, 2.24) is 20.2 Å². The zero-order valence-corrected chi connectivity index (χ0v) is 22.9. The Hall–Kier alpha value is -2.69. The maximum atomic E-state index is 12.5. The predicted octanol–water partition coefficient (Wildman–Crippen LogP) is -0.438. The van der Waals surface area contributed by atoms with E-state index in [0.717, 1.165) is 16.2 Å². The Morgan fingerprint density at radius 3 is 2.77 bits per heavy atom. The molecule has 0 saturated carbocycles. The summed E-state index contributed by atoms with van der Waals surface area (Å²) in [4.78, 5) is 58.5. The minimum atomic E-state index is -4.75. The minimum Gasteiger partial charge on any atom is -0.390 e. The van der Waals surface area contributed by atoms with Crippen molar-refractivity contribution in [3.05, 3.63) is 33.7 Å². The van der Waals surface area contributed by atoms with Crippen molar-refractivity contribution in [3.8, 4) is 10.4 Å². The molecular weight excluding hydrogens is 555 g/mol. The monoisotopic (exact) mass is 588 g/mol. The van der Waals surface area contributed by atoms with Crippen LogP contribution >= 0.6 is 19.2 Å². The van der Waals surface area contributed by atoms with Gasteiger partial charge < -0.3 is 41.7 Å². The van der Waals surface area contributed by atoms with Crippen LogP contribution in [0.2, 0.25) is 0 Å². The molecule has 3 heterocycles. The second-order valence-corrected chi connectivity index (χ2v) is 11.4. The van der Waals surface area contributed by atoms with Crippen molar-refractivity contribution in [3.63, 3.8) is 0 Å². The number of nitrogens with two attached hydrogens (primary N) is 2. The zero-order valence-electron chi connectivity index (χ0n) is 21.2. The number of hydrogen-bond donors (Lipinski definition) is 7. The molecule has 4 atom stereocenters. The summed E-state index contributed by atoms with van der Waals surface area (Å²) in [7, 11) is -4.75. The van der Waals surface area contributed by atoms with Gasteiger partial charge in [0.15, 0.2) is 0 Å². The molecule has 2 amide bonds. The Kier molecular flexibility index (Phi) is 10.7. The molecule has 0 radical (unpaired) electrons.